The van der Waals surface area contributed by atoms with Gasteiger partial charge in [0.1, 0.15) is 16.9 Å². The molecule has 38 heavy (non-hydrogen) atoms. The van der Waals surface area contributed by atoms with Crippen molar-refractivity contribution in [2.45, 2.75) is 46.6 Å². The Morgan fingerprint density at radius 2 is 1.84 bits per heavy atom. The summed E-state index contributed by atoms with van der Waals surface area (Å²) in [6, 6.07) is 10.4. The van der Waals surface area contributed by atoms with Crippen molar-refractivity contribution in [2.24, 2.45) is 0 Å². The molecule has 1 aliphatic heterocycles. The number of ketones is 1. The van der Waals surface area contributed by atoms with E-state index in [4.69, 9.17) is 4.74 Å². The first-order valence-corrected chi connectivity index (χ1v) is 12.9. The van der Waals surface area contributed by atoms with E-state index in [0.717, 1.165) is 57.8 Å². The molecule has 9 heteroatoms. The van der Waals surface area contributed by atoms with Crippen molar-refractivity contribution in [3.8, 4) is 11.1 Å². The van der Waals surface area contributed by atoms with Gasteiger partial charge < -0.3 is 19.5 Å². The van der Waals surface area contributed by atoms with E-state index in [1.54, 1.807) is 11.1 Å². The van der Waals surface area contributed by atoms with E-state index < -0.39 is 5.60 Å². The maximum atomic E-state index is 12.9. The van der Waals surface area contributed by atoms with Crippen LogP contribution in [0.1, 0.15) is 48.1 Å². The number of nitrogens with one attached hydrogen (secondary N) is 2. The minimum Gasteiger partial charge on any atom is -0.444 e. The number of ether oxygens (including phenoxy) is 1. The molecule has 0 saturated carbocycles. The lowest BCUT2D eigenvalue weighted by Crippen LogP contribution is -2.50. The Morgan fingerprint density at radius 3 is 2.53 bits per heavy atom. The van der Waals surface area contributed by atoms with Crippen molar-refractivity contribution < 1.29 is 14.3 Å². The van der Waals surface area contributed by atoms with Gasteiger partial charge in [0.25, 0.3) is 0 Å². The number of benzene rings is 1. The van der Waals surface area contributed by atoms with Crippen molar-refractivity contribution >= 4 is 28.6 Å². The number of aromatic amines is 2. The second kappa shape index (κ2) is 9.96. The highest BCUT2D eigenvalue weighted by molar-refractivity contribution is 5.99. The highest BCUT2D eigenvalue weighted by Gasteiger charge is 2.26. The lowest BCUT2D eigenvalue weighted by molar-refractivity contribution is 0.0240. The highest BCUT2D eigenvalue weighted by Crippen LogP contribution is 2.31. The highest BCUT2D eigenvalue weighted by atomic mass is 16.6. The number of amides is 1. The molecule has 5 rings (SSSR count). The fourth-order valence-electron chi connectivity index (χ4n) is 4.75. The summed E-state index contributed by atoms with van der Waals surface area (Å²) in [6.07, 6.45) is 3.68. The van der Waals surface area contributed by atoms with Crippen LogP contribution in [0.5, 0.6) is 0 Å². The van der Waals surface area contributed by atoms with Gasteiger partial charge in [-0.25, -0.2) is 9.78 Å². The lowest BCUT2D eigenvalue weighted by atomic mass is 10.0. The third-order valence-electron chi connectivity index (χ3n) is 6.92. The number of H-pyrrole nitrogens is 2. The van der Waals surface area contributed by atoms with Crippen LogP contribution in [0.2, 0.25) is 0 Å². The largest absolute Gasteiger partial charge is 0.444 e. The number of anilines is 1. The first-order chi connectivity index (χ1) is 18.1. The molecule has 0 atom stereocenters. The van der Waals surface area contributed by atoms with E-state index in [-0.39, 0.29) is 18.3 Å². The van der Waals surface area contributed by atoms with Gasteiger partial charge >= 0.3 is 6.09 Å². The zero-order chi connectivity index (χ0) is 27.0. The van der Waals surface area contributed by atoms with Crippen LogP contribution in [-0.2, 0) is 11.2 Å². The molecular formula is C29H34N6O3. The second-order valence-electron chi connectivity index (χ2n) is 10.9. The van der Waals surface area contributed by atoms with Crippen molar-refractivity contribution in [1.82, 2.24) is 25.1 Å². The number of hydrogen-bond donors (Lipinski definition) is 2. The number of aromatic nitrogens is 4. The van der Waals surface area contributed by atoms with Crippen LogP contribution in [0.4, 0.5) is 10.5 Å². The molecule has 0 unspecified atom stereocenters. The minimum absolute atomic E-state index is 0.0300. The van der Waals surface area contributed by atoms with Crippen LogP contribution in [0, 0.1) is 13.8 Å². The topological polar surface area (TPSA) is 107 Å². The number of rotatable bonds is 5. The third kappa shape index (κ3) is 5.27. The lowest BCUT2D eigenvalue weighted by Gasteiger charge is -2.36. The van der Waals surface area contributed by atoms with Gasteiger partial charge in [-0.15, -0.1) is 0 Å². The Hall–Kier alpha value is -4.14. The summed E-state index contributed by atoms with van der Waals surface area (Å²) in [5.41, 5.74) is 6.59. The molecule has 198 valence electrons. The Kier molecular flexibility index (Phi) is 6.69. The molecule has 1 aliphatic rings. The number of nitrogens with zero attached hydrogens (tertiary/aromatic N) is 4. The summed E-state index contributed by atoms with van der Waals surface area (Å²) in [7, 11) is 0. The molecule has 2 N–H and O–H groups in total. The predicted molar refractivity (Wildman–Crippen MR) is 148 cm³/mol. The fraction of sp³-hybridized carbons (Fsp3) is 0.379. The molecule has 0 radical (unpaired) electrons. The van der Waals surface area contributed by atoms with E-state index in [0.29, 0.717) is 18.8 Å². The van der Waals surface area contributed by atoms with Gasteiger partial charge in [0.15, 0.2) is 5.78 Å². The number of aryl methyl sites for hydroxylation is 1. The van der Waals surface area contributed by atoms with Crippen molar-refractivity contribution in [3.05, 3.63) is 65.2 Å². The molecule has 0 aliphatic carbocycles. The van der Waals surface area contributed by atoms with Crippen LogP contribution >= 0.6 is 0 Å². The molecule has 1 fully saturated rings. The van der Waals surface area contributed by atoms with Gasteiger partial charge in [0, 0.05) is 72.9 Å². The van der Waals surface area contributed by atoms with Gasteiger partial charge in [0.05, 0.1) is 0 Å². The van der Waals surface area contributed by atoms with Crippen LogP contribution in [0.3, 0.4) is 0 Å². The maximum Gasteiger partial charge on any atom is 0.410 e. The second-order valence-corrected chi connectivity index (χ2v) is 10.9. The SMILES string of the molecule is Cc1[nH]nc(C(=O)Cc2cnc3[nH]cc(-c4cccc(N5CCN(C(=O)OC(C)(C)C)CC5)c4)c3c2)c1C. The third-order valence-corrected chi connectivity index (χ3v) is 6.92. The molecule has 0 bridgehead atoms. The standard InChI is InChI=1S/C29H34N6O3/c1-18-19(2)32-33-26(18)25(36)14-20-13-23-24(17-31-27(23)30-16-20)21-7-6-8-22(15-21)34-9-11-35(12-10-34)28(37)38-29(3,4)5/h6-8,13,15-17H,9-12,14H2,1-5H3,(H,30,31)(H,32,33). The van der Waals surface area contributed by atoms with Gasteiger partial charge in [-0.1, -0.05) is 12.1 Å². The predicted octanol–water partition coefficient (Wildman–Crippen LogP) is 5.05. The van der Waals surface area contributed by atoms with E-state index in [1.807, 2.05) is 52.9 Å². The normalized spacial score (nSPS) is 14.2. The van der Waals surface area contributed by atoms with E-state index in [9.17, 15) is 9.59 Å². The Labute approximate surface area is 222 Å². The summed E-state index contributed by atoms with van der Waals surface area (Å²) >= 11 is 0. The minimum atomic E-state index is -0.499. The Morgan fingerprint density at radius 1 is 1.08 bits per heavy atom. The molecule has 3 aromatic heterocycles. The average Bonchev–Trinajstić information content (AvgIpc) is 3.46. The van der Waals surface area contributed by atoms with Crippen LogP contribution in [0.15, 0.2) is 42.7 Å². The first kappa shape index (κ1) is 25.5. The first-order valence-electron chi connectivity index (χ1n) is 12.9. The molecular weight excluding hydrogens is 480 g/mol. The average molecular weight is 515 g/mol. The number of hydrogen-bond acceptors (Lipinski definition) is 6. The van der Waals surface area contributed by atoms with Crippen LogP contribution < -0.4 is 4.90 Å². The monoisotopic (exact) mass is 514 g/mol. The molecule has 4 heterocycles. The summed E-state index contributed by atoms with van der Waals surface area (Å²) in [4.78, 5) is 37.2. The number of Topliss-reactive ketones (excluding diaryl/α,β-unsaturated/α-hetero) is 1. The zero-order valence-corrected chi connectivity index (χ0v) is 22.6. The van der Waals surface area contributed by atoms with Crippen LogP contribution in [-0.4, -0.2) is 68.7 Å². The zero-order valence-electron chi connectivity index (χ0n) is 22.6. The van der Waals surface area contributed by atoms with E-state index in [1.165, 1.54) is 0 Å². The molecule has 9 nitrogen and oxygen atoms in total. The molecule has 1 amide bonds. The number of carbonyl (C=O) groups excluding carboxylic acids is 2. The summed E-state index contributed by atoms with van der Waals surface area (Å²) in [5.74, 6) is -0.0300. The molecule has 1 saturated heterocycles. The maximum absolute atomic E-state index is 12.9. The fourth-order valence-corrected chi connectivity index (χ4v) is 4.75. The van der Waals surface area contributed by atoms with E-state index >= 15 is 0 Å². The summed E-state index contributed by atoms with van der Waals surface area (Å²) in [6.45, 7) is 12.2. The van der Waals surface area contributed by atoms with Crippen molar-refractivity contribution in [1.29, 1.82) is 0 Å². The Bertz CT molecular complexity index is 1490. The summed E-state index contributed by atoms with van der Waals surface area (Å²) in [5, 5.41) is 8.04. The van der Waals surface area contributed by atoms with Gasteiger partial charge in [-0.05, 0) is 63.9 Å². The number of pyridine rings is 1. The molecule has 1 aromatic carbocycles. The molecule has 0 spiro atoms. The van der Waals surface area contributed by atoms with E-state index in [2.05, 4.69) is 43.3 Å². The smallest absolute Gasteiger partial charge is 0.410 e. The van der Waals surface area contributed by atoms with Crippen LogP contribution in [0.25, 0.3) is 22.2 Å². The molecule has 4 aromatic rings. The number of fused-ring (bicyclic) bond motifs is 1. The van der Waals surface area contributed by atoms with Crippen molar-refractivity contribution in [2.75, 3.05) is 31.1 Å². The van der Waals surface area contributed by atoms with Crippen molar-refractivity contribution in [3.63, 3.8) is 0 Å². The van der Waals surface area contributed by atoms with Gasteiger partial charge in [0.2, 0.25) is 0 Å². The Balaban J connectivity index is 1.33. The summed E-state index contributed by atoms with van der Waals surface area (Å²) < 4.78 is 5.53. The van der Waals surface area contributed by atoms with Gasteiger partial charge in [-0.3, -0.25) is 9.89 Å². The number of carbonyl (C=O) groups is 2. The van der Waals surface area contributed by atoms with Gasteiger partial charge in [-0.2, -0.15) is 5.10 Å². The quantitative estimate of drug-likeness (QED) is 0.361. The number of piperazine rings is 1.